The molecule has 1 aliphatic rings. The average Bonchev–Trinajstić information content (AvgIpc) is 3.11. The minimum atomic E-state index is -1.01. The van der Waals surface area contributed by atoms with Crippen LogP contribution in [0, 0.1) is 10.1 Å². The molecular formula is C19H15ClN2O6. The van der Waals surface area contributed by atoms with Crippen LogP contribution in [0.15, 0.2) is 42.5 Å². The molecule has 0 saturated carbocycles. The van der Waals surface area contributed by atoms with Crippen molar-refractivity contribution in [3.05, 3.63) is 68.7 Å². The fraction of sp³-hybridized carbons (Fsp3) is 0.211. The second kappa shape index (κ2) is 8.18. The molecule has 9 heteroatoms. The summed E-state index contributed by atoms with van der Waals surface area (Å²) in [7, 11) is 0. The summed E-state index contributed by atoms with van der Waals surface area (Å²) in [6.45, 7) is 0.0621. The molecule has 3 rings (SSSR count). The Balaban J connectivity index is 1.66. The number of nitrogens with zero attached hydrogens (tertiary/aromatic N) is 2. The Morgan fingerprint density at radius 3 is 2.50 bits per heavy atom. The maximum atomic E-state index is 12.2. The van der Waals surface area contributed by atoms with Gasteiger partial charge in [-0.3, -0.25) is 19.7 Å². The van der Waals surface area contributed by atoms with E-state index >= 15 is 0 Å². The van der Waals surface area contributed by atoms with Crippen molar-refractivity contribution in [3.8, 4) is 0 Å². The summed E-state index contributed by atoms with van der Waals surface area (Å²) in [5, 5.41) is 11.2. The molecule has 0 N–H and O–H groups in total. The summed E-state index contributed by atoms with van der Waals surface area (Å²) in [5.74, 6) is -1.45. The van der Waals surface area contributed by atoms with Gasteiger partial charge in [-0.15, -0.1) is 0 Å². The second-order valence-electron chi connectivity index (χ2n) is 6.11. The number of amides is 1. The number of carbonyl (C=O) groups is 3. The van der Waals surface area contributed by atoms with Crippen molar-refractivity contribution < 1.29 is 24.0 Å². The van der Waals surface area contributed by atoms with Gasteiger partial charge in [0, 0.05) is 35.3 Å². The molecule has 0 radical (unpaired) electrons. The second-order valence-corrected chi connectivity index (χ2v) is 6.55. The third kappa shape index (κ3) is 4.17. The van der Waals surface area contributed by atoms with E-state index in [1.807, 2.05) is 0 Å². The van der Waals surface area contributed by atoms with Crippen LogP contribution in [0.25, 0.3) is 0 Å². The molecule has 1 amide bonds. The van der Waals surface area contributed by atoms with Gasteiger partial charge in [0.25, 0.3) is 5.69 Å². The van der Waals surface area contributed by atoms with Gasteiger partial charge < -0.3 is 9.64 Å². The van der Waals surface area contributed by atoms with Gasteiger partial charge in [-0.25, -0.2) is 4.79 Å². The predicted molar refractivity (Wildman–Crippen MR) is 101 cm³/mol. The topological polar surface area (TPSA) is 107 Å². The SMILES string of the molecule is O=C(COC(=O)c1cc(Cl)ccc1[N+](=O)[O-])c1ccc(N2CCCC2=O)cc1. The van der Waals surface area contributed by atoms with E-state index in [1.54, 1.807) is 29.2 Å². The van der Waals surface area contributed by atoms with Crippen LogP contribution >= 0.6 is 11.6 Å². The van der Waals surface area contributed by atoms with Gasteiger partial charge in [0.1, 0.15) is 5.56 Å². The maximum absolute atomic E-state index is 12.2. The zero-order chi connectivity index (χ0) is 20.3. The maximum Gasteiger partial charge on any atom is 0.345 e. The highest BCUT2D eigenvalue weighted by Gasteiger charge is 2.24. The Hall–Kier alpha value is -3.26. The lowest BCUT2D eigenvalue weighted by Crippen LogP contribution is -2.23. The normalized spacial score (nSPS) is 13.5. The fourth-order valence-electron chi connectivity index (χ4n) is 2.87. The molecule has 0 bridgehead atoms. The Bertz CT molecular complexity index is 957. The number of nitro groups is 1. The molecule has 144 valence electrons. The highest BCUT2D eigenvalue weighted by molar-refractivity contribution is 6.31. The number of ketones is 1. The molecule has 8 nitrogen and oxygen atoms in total. The smallest absolute Gasteiger partial charge is 0.345 e. The van der Waals surface area contributed by atoms with Crippen molar-refractivity contribution in [3.63, 3.8) is 0 Å². The zero-order valence-electron chi connectivity index (χ0n) is 14.6. The third-order valence-electron chi connectivity index (χ3n) is 4.28. The Labute approximate surface area is 164 Å². The molecular weight excluding hydrogens is 388 g/mol. The molecule has 0 aromatic heterocycles. The fourth-order valence-corrected chi connectivity index (χ4v) is 3.04. The highest BCUT2D eigenvalue weighted by atomic mass is 35.5. The number of esters is 1. The summed E-state index contributed by atoms with van der Waals surface area (Å²) in [4.78, 5) is 48.1. The Morgan fingerprint density at radius 2 is 1.89 bits per heavy atom. The largest absolute Gasteiger partial charge is 0.454 e. The van der Waals surface area contributed by atoms with Gasteiger partial charge in [-0.2, -0.15) is 0 Å². The summed E-state index contributed by atoms with van der Waals surface area (Å²) in [5.41, 5.74) is 0.212. The van der Waals surface area contributed by atoms with E-state index < -0.39 is 29.0 Å². The van der Waals surface area contributed by atoms with E-state index in [4.69, 9.17) is 16.3 Å². The molecule has 0 aliphatic carbocycles. The third-order valence-corrected chi connectivity index (χ3v) is 4.52. The number of nitro benzene ring substituents is 1. The minimum Gasteiger partial charge on any atom is -0.454 e. The van der Waals surface area contributed by atoms with E-state index in [1.165, 1.54) is 6.07 Å². The van der Waals surface area contributed by atoms with Crippen LogP contribution in [0.4, 0.5) is 11.4 Å². The number of halogens is 1. The quantitative estimate of drug-likeness (QED) is 0.317. The first-order valence-corrected chi connectivity index (χ1v) is 8.79. The van der Waals surface area contributed by atoms with Gasteiger partial charge in [0.05, 0.1) is 4.92 Å². The molecule has 1 heterocycles. The molecule has 0 spiro atoms. The zero-order valence-corrected chi connectivity index (χ0v) is 15.3. The number of anilines is 1. The summed E-state index contributed by atoms with van der Waals surface area (Å²) >= 11 is 5.78. The molecule has 28 heavy (non-hydrogen) atoms. The van der Waals surface area contributed by atoms with Crippen molar-refractivity contribution in [2.24, 2.45) is 0 Å². The molecule has 0 atom stereocenters. The molecule has 1 aliphatic heterocycles. The standard InChI is InChI=1S/C19H15ClN2O6/c20-13-5-8-16(22(26)27)15(10-13)19(25)28-11-17(23)12-3-6-14(7-4-12)21-9-1-2-18(21)24/h3-8,10H,1-2,9,11H2. The first kappa shape index (κ1) is 19.5. The van der Waals surface area contributed by atoms with Gasteiger partial charge >= 0.3 is 5.97 Å². The highest BCUT2D eigenvalue weighted by Crippen LogP contribution is 2.24. The van der Waals surface area contributed by atoms with Crippen molar-refractivity contribution in [1.82, 2.24) is 0 Å². The lowest BCUT2D eigenvalue weighted by atomic mass is 10.1. The lowest BCUT2D eigenvalue weighted by Gasteiger charge is -2.15. The average molecular weight is 403 g/mol. The first-order valence-electron chi connectivity index (χ1n) is 8.41. The molecule has 2 aromatic carbocycles. The van der Waals surface area contributed by atoms with Crippen LogP contribution in [0.1, 0.15) is 33.6 Å². The number of Topliss-reactive ketones (excluding diaryl/α,β-unsaturated/α-hetero) is 1. The van der Waals surface area contributed by atoms with Gasteiger partial charge in [-0.1, -0.05) is 11.6 Å². The number of rotatable bonds is 6. The van der Waals surface area contributed by atoms with Crippen molar-refractivity contribution >= 4 is 40.6 Å². The number of benzene rings is 2. The van der Waals surface area contributed by atoms with E-state index in [-0.39, 0.29) is 16.5 Å². The van der Waals surface area contributed by atoms with Gasteiger partial charge in [0.15, 0.2) is 12.4 Å². The number of hydrogen-bond donors (Lipinski definition) is 0. The number of hydrogen-bond acceptors (Lipinski definition) is 6. The van der Waals surface area contributed by atoms with Gasteiger partial charge in [-0.05, 0) is 42.8 Å². The van der Waals surface area contributed by atoms with Crippen molar-refractivity contribution in [1.29, 1.82) is 0 Å². The lowest BCUT2D eigenvalue weighted by molar-refractivity contribution is -0.385. The Morgan fingerprint density at radius 1 is 1.18 bits per heavy atom. The predicted octanol–water partition coefficient (Wildman–Crippen LogP) is 3.41. The summed E-state index contributed by atoms with van der Waals surface area (Å²) < 4.78 is 4.92. The molecule has 0 unspecified atom stereocenters. The van der Waals surface area contributed by atoms with Crippen LogP contribution in [-0.2, 0) is 9.53 Å². The van der Waals surface area contributed by atoms with E-state index in [9.17, 15) is 24.5 Å². The van der Waals surface area contributed by atoms with E-state index in [0.717, 1.165) is 18.6 Å². The minimum absolute atomic E-state index is 0.0381. The summed E-state index contributed by atoms with van der Waals surface area (Å²) in [6, 6.07) is 9.89. The van der Waals surface area contributed by atoms with Gasteiger partial charge in [0.2, 0.25) is 5.91 Å². The first-order chi connectivity index (χ1) is 13.4. The van der Waals surface area contributed by atoms with Crippen molar-refractivity contribution in [2.45, 2.75) is 12.8 Å². The van der Waals surface area contributed by atoms with Crippen LogP contribution in [0.5, 0.6) is 0 Å². The van der Waals surface area contributed by atoms with E-state index in [2.05, 4.69) is 0 Å². The molecule has 2 aromatic rings. The van der Waals surface area contributed by atoms with Crippen LogP contribution < -0.4 is 4.90 Å². The monoisotopic (exact) mass is 402 g/mol. The van der Waals surface area contributed by atoms with Crippen LogP contribution in [0.2, 0.25) is 5.02 Å². The van der Waals surface area contributed by atoms with Crippen LogP contribution in [0.3, 0.4) is 0 Å². The molecule has 1 saturated heterocycles. The number of ether oxygens (including phenoxy) is 1. The molecule has 1 fully saturated rings. The summed E-state index contributed by atoms with van der Waals surface area (Å²) in [6.07, 6.45) is 1.30. The Kier molecular flexibility index (Phi) is 5.70. The van der Waals surface area contributed by atoms with E-state index in [0.29, 0.717) is 24.2 Å². The van der Waals surface area contributed by atoms with Crippen LogP contribution in [-0.4, -0.2) is 35.7 Å². The van der Waals surface area contributed by atoms with Crippen molar-refractivity contribution in [2.75, 3.05) is 18.1 Å². The number of carbonyl (C=O) groups excluding carboxylic acids is 3.